The van der Waals surface area contributed by atoms with E-state index in [1.54, 1.807) is 26.0 Å². The van der Waals surface area contributed by atoms with Crippen molar-refractivity contribution in [3.63, 3.8) is 0 Å². The van der Waals surface area contributed by atoms with Gasteiger partial charge in [0.2, 0.25) is 23.6 Å². The van der Waals surface area contributed by atoms with Crippen LogP contribution in [0.15, 0.2) is 24.3 Å². The lowest BCUT2D eigenvalue weighted by Gasteiger charge is -2.26. The van der Waals surface area contributed by atoms with E-state index in [0.29, 0.717) is 5.56 Å². The molecule has 0 heterocycles. The summed E-state index contributed by atoms with van der Waals surface area (Å²) in [6.45, 7) is 5.96. The summed E-state index contributed by atoms with van der Waals surface area (Å²) in [7, 11) is 0. The maximum Gasteiger partial charge on any atom is 0.305 e. The number of aliphatic carboxylic acids is 1. The van der Waals surface area contributed by atoms with Crippen molar-refractivity contribution in [2.75, 3.05) is 0 Å². The minimum atomic E-state index is -1.28. The maximum absolute atomic E-state index is 12.9. The molecule has 1 aromatic carbocycles. The molecular formula is C23H32N4O8. The summed E-state index contributed by atoms with van der Waals surface area (Å²) in [5.41, 5.74) is 0.665. The molecule has 1 aromatic rings. The highest BCUT2D eigenvalue weighted by molar-refractivity contribution is 5.94. The predicted molar refractivity (Wildman–Crippen MR) is 124 cm³/mol. The molecule has 6 N–H and O–H groups in total. The number of amides is 4. The van der Waals surface area contributed by atoms with Gasteiger partial charge in [-0.25, -0.2) is 0 Å². The lowest BCUT2D eigenvalue weighted by molar-refractivity contribution is -0.139. The molecular weight excluding hydrogens is 460 g/mol. The quantitative estimate of drug-likeness (QED) is 0.194. The van der Waals surface area contributed by atoms with Gasteiger partial charge in [0, 0.05) is 13.3 Å². The molecule has 1 rings (SSSR count). The zero-order valence-corrected chi connectivity index (χ0v) is 20.0. The van der Waals surface area contributed by atoms with Gasteiger partial charge in [-0.1, -0.05) is 26.0 Å². The Hall–Kier alpha value is -3.96. The summed E-state index contributed by atoms with van der Waals surface area (Å²) in [6, 6.07) is 1.65. The van der Waals surface area contributed by atoms with E-state index in [2.05, 4.69) is 21.3 Å². The topological polar surface area (TPSA) is 191 Å². The smallest absolute Gasteiger partial charge is 0.305 e. The van der Waals surface area contributed by atoms with E-state index in [0.717, 1.165) is 0 Å². The second kappa shape index (κ2) is 13.7. The van der Waals surface area contributed by atoms with Crippen LogP contribution in [-0.2, 0) is 35.2 Å². The lowest BCUT2D eigenvalue weighted by Crippen LogP contribution is -2.58. The van der Waals surface area contributed by atoms with Crippen molar-refractivity contribution in [1.82, 2.24) is 21.3 Å². The van der Waals surface area contributed by atoms with Crippen LogP contribution in [0.5, 0.6) is 5.75 Å². The summed E-state index contributed by atoms with van der Waals surface area (Å²) in [5, 5.41) is 28.0. The molecule has 0 aliphatic carbocycles. The number of hydrogen-bond acceptors (Lipinski definition) is 7. The fourth-order valence-corrected chi connectivity index (χ4v) is 3.11. The van der Waals surface area contributed by atoms with Crippen LogP contribution in [0.3, 0.4) is 0 Å². The Bertz CT molecular complexity index is 932. The molecule has 0 spiro atoms. The van der Waals surface area contributed by atoms with Crippen molar-refractivity contribution in [2.24, 2.45) is 5.92 Å². The van der Waals surface area contributed by atoms with Crippen molar-refractivity contribution in [1.29, 1.82) is 0 Å². The van der Waals surface area contributed by atoms with Crippen LogP contribution in [-0.4, -0.2) is 70.3 Å². The molecule has 0 radical (unpaired) electrons. The second-order valence-corrected chi connectivity index (χ2v) is 8.43. The molecule has 192 valence electrons. The van der Waals surface area contributed by atoms with Crippen LogP contribution in [0.2, 0.25) is 0 Å². The van der Waals surface area contributed by atoms with Gasteiger partial charge in [0.05, 0.1) is 12.5 Å². The van der Waals surface area contributed by atoms with Gasteiger partial charge in [0.1, 0.15) is 30.2 Å². The first-order valence-corrected chi connectivity index (χ1v) is 11.0. The molecule has 0 bridgehead atoms. The summed E-state index contributed by atoms with van der Waals surface area (Å²) in [5.74, 6) is -4.14. The molecule has 0 unspecified atom stereocenters. The van der Waals surface area contributed by atoms with Crippen LogP contribution >= 0.6 is 0 Å². The van der Waals surface area contributed by atoms with E-state index in [9.17, 15) is 33.9 Å². The van der Waals surface area contributed by atoms with Gasteiger partial charge in [-0.05, 0) is 30.5 Å². The number of rotatable bonds is 13. The molecule has 12 nitrogen and oxygen atoms in total. The third kappa shape index (κ3) is 10.2. The van der Waals surface area contributed by atoms with Crippen LogP contribution in [0, 0.1) is 5.92 Å². The molecule has 0 saturated carbocycles. The Kier molecular flexibility index (Phi) is 11.4. The first-order chi connectivity index (χ1) is 16.3. The van der Waals surface area contributed by atoms with Crippen LogP contribution < -0.4 is 21.3 Å². The van der Waals surface area contributed by atoms with Crippen molar-refractivity contribution in [3.05, 3.63) is 29.8 Å². The monoisotopic (exact) mass is 492 g/mol. The highest BCUT2D eigenvalue weighted by Crippen LogP contribution is 2.12. The summed E-state index contributed by atoms with van der Waals surface area (Å²) < 4.78 is 0. The molecule has 0 aliphatic heterocycles. The van der Waals surface area contributed by atoms with Crippen molar-refractivity contribution in [2.45, 2.75) is 64.7 Å². The van der Waals surface area contributed by atoms with Gasteiger partial charge in [-0.2, -0.15) is 0 Å². The lowest BCUT2D eigenvalue weighted by atomic mass is 10.0. The molecule has 0 aromatic heterocycles. The molecule has 35 heavy (non-hydrogen) atoms. The number of phenolic OH excluding ortho intramolecular Hbond substituents is 1. The maximum atomic E-state index is 12.9. The number of aldehydes is 1. The van der Waals surface area contributed by atoms with Crippen LogP contribution in [0.1, 0.15) is 39.7 Å². The van der Waals surface area contributed by atoms with E-state index < -0.39 is 66.1 Å². The zero-order valence-electron chi connectivity index (χ0n) is 20.0. The Balaban J connectivity index is 2.88. The number of carbonyl (C=O) groups is 6. The normalized spacial score (nSPS) is 14.1. The van der Waals surface area contributed by atoms with E-state index in [1.165, 1.54) is 26.0 Å². The molecule has 12 heteroatoms. The Morgan fingerprint density at radius 3 is 1.97 bits per heavy atom. The van der Waals surface area contributed by atoms with Gasteiger partial charge in [0.15, 0.2) is 0 Å². The number of carboxylic acid groups (broad SMARTS) is 1. The number of benzene rings is 1. The number of aromatic hydroxyl groups is 1. The van der Waals surface area contributed by atoms with Crippen molar-refractivity contribution in [3.8, 4) is 5.75 Å². The van der Waals surface area contributed by atoms with E-state index in [-0.39, 0.29) is 18.5 Å². The number of hydrogen-bond donors (Lipinski definition) is 6. The van der Waals surface area contributed by atoms with Gasteiger partial charge in [-0.3, -0.25) is 24.0 Å². The van der Waals surface area contributed by atoms with E-state index in [1.807, 2.05) is 0 Å². The zero-order chi connectivity index (χ0) is 26.7. The van der Waals surface area contributed by atoms with Crippen LogP contribution in [0.4, 0.5) is 0 Å². The number of phenols is 1. The minimum Gasteiger partial charge on any atom is -0.508 e. The molecule has 4 amide bonds. The van der Waals surface area contributed by atoms with Gasteiger partial charge in [-0.15, -0.1) is 0 Å². The number of nitrogens with one attached hydrogen (secondary N) is 4. The Morgan fingerprint density at radius 1 is 0.886 bits per heavy atom. The van der Waals surface area contributed by atoms with Crippen molar-refractivity contribution < 1.29 is 39.0 Å². The summed E-state index contributed by atoms with van der Waals surface area (Å²) >= 11 is 0. The first kappa shape index (κ1) is 29.1. The molecule has 4 atom stereocenters. The highest BCUT2D eigenvalue weighted by atomic mass is 16.4. The minimum absolute atomic E-state index is 0.0476. The van der Waals surface area contributed by atoms with E-state index >= 15 is 0 Å². The summed E-state index contributed by atoms with van der Waals surface area (Å²) in [4.78, 5) is 71.4. The van der Waals surface area contributed by atoms with Gasteiger partial charge in [0.25, 0.3) is 0 Å². The van der Waals surface area contributed by atoms with Gasteiger partial charge < -0.3 is 36.3 Å². The average molecular weight is 493 g/mol. The third-order valence-corrected chi connectivity index (χ3v) is 4.96. The van der Waals surface area contributed by atoms with Crippen LogP contribution in [0.25, 0.3) is 0 Å². The number of carboxylic acids is 1. The summed E-state index contributed by atoms with van der Waals surface area (Å²) in [6.07, 6.45) is -0.215. The molecule has 0 fully saturated rings. The average Bonchev–Trinajstić information content (AvgIpc) is 2.76. The second-order valence-electron chi connectivity index (χ2n) is 8.43. The Morgan fingerprint density at radius 2 is 1.49 bits per heavy atom. The number of carbonyl (C=O) groups excluding carboxylic acids is 5. The molecule has 0 saturated heterocycles. The first-order valence-electron chi connectivity index (χ1n) is 11.0. The highest BCUT2D eigenvalue weighted by Gasteiger charge is 2.30. The van der Waals surface area contributed by atoms with Crippen molar-refractivity contribution >= 4 is 35.9 Å². The van der Waals surface area contributed by atoms with Gasteiger partial charge >= 0.3 is 5.97 Å². The fraction of sp³-hybridized carbons (Fsp3) is 0.478. The standard InChI is InChI=1S/C23H32N4O8/c1-12(2)20(23(35)24-13(3)21(33)26-16(11-28)10-19(31)32)27-22(34)18(25-14(4)29)9-15-5-7-17(30)8-6-15/h5-8,11-13,16,18,20,30H,9-10H2,1-4H3,(H,24,35)(H,25,29)(H,26,33)(H,27,34)(H,31,32)/t13-,16+,18-,20+/m1/s1. The third-order valence-electron chi connectivity index (χ3n) is 4.96. The predicted octanol–water partition coefficient (Wildman–Crippen LogP) is -0.757. The fourth-order valence-electron chi connectivity index (χ4n) is 3.11. The molecule has 0 aliphatic rings. The van der Waals surface area contributed by atoms with E-state index in [4.69, 9.17) is 5.11 Å². The largest absolute Gasteiger partial charge is 0.508 e. The Labute approximate surface area is 202 Å². The SMILES string of the molecule is CC(=O)N[C@H](Cc1ccc(O)cc1)C(=O)N[C@H](C(=O)N[C@H](C)C(=O)N[C@H](C=O)CC(=O)O)C(C)C.